The van der Waals surface area contributed by atoms with Crippen LogP contribution < -0.4 is 0 Å². The minimum atomic E-state index is -0.0597. The van der Waals surface area contributed by atoms with Crippen LogP contribution in [-0.2, 0) is 29.2 Å². The van der Waals surface area contributed by atoms with Crippen molar-refractivity contribution in [2.45, 2.75) is 32.7 Å². The first-order chi connectivity index (χ1) is 11.7. The van der Waals surface area contributed by atoms with Gasteiger partial charge >= 0.3 is 0 Å². The molecule has 6 nitrogen and oxygen atoms in total. The SMILES string of the molecule is COCc1ccc(C(=O)N2CCn3c(COC)cnc3C2C)cc1. The van der Waals surface area contributed by atoms with Crippen LogP contribution in [0.5, 0.6) is 0 Å². The van der Waals surface area contributed by atoms with E-state index < -0.39 is 0 Å². The molecule has 1 unspecified atom stereocenters. The Bertz CT molecular complexity index is 709. The zero-order valence-corrected chi connectivity index (χ0v) is 14.4. The Labute approximate surface area is 142 Å². The van der Waals surface area contributed by atoms with Gasteiger partial charge in [0.15, 0.2) is 0 Å². The average molecular weight is 329 g/mol. The van der Waals surface area contributed by atoms with E-state index in [-0.39, 0.29) is 11.9 Å². The van der Waals surface area contributed by atoms with Gasteiger partial charge in [-0.3, -0.25) is 4.79 Å². The van der Waals surface area contributed by atoms with Crippen molar-refractivity contribution in [2.24, 2.45) is 0 Å². The number of hydrogen-bond acceptors (Lipinski definition) is 4. The fourth-order valence-electron chi connectivity index (χ4n) is 3.18. The smallest absolute Gasteiger partial charge is 0.254 e. The van der Waals surface area contributed by atoms with Crippen LogP contribution in [-0.4, -0.2) is 41.1 Å². The molecule has 3 rings (SSSR count). The number of rotatable bonds is 5. The molecule has 1 aromatic carbocycles. The zero-order chi connectivity index (χ0) is 17.1. The maximum atomic E-state index is 12.9. The van der Waals surface area contributed by atoms with E-state index in [4.69, 9.17) is 9.47 Å². The average Bonchev–Trinajstić information content (AvgIpc) is 3.00. The zero-order valence-electron chi connectivity index (χ0n) is 14.4. The molecule has 0 saturated heterocycles. The van der Waals surface area contributed by atoms with E-state index in [2.05, 4.69) is 9.55 Å². The van der Waals surface area contributed by atoms with Crippen LogP contribution in [0, 0.1) is 0 Å². The lowest BCUT2D eigenvalue weighted by atomic mass is 10.1. The highest BCUT2D eigenvalue weighted by Gasteiger charge is 2.30. The van der Waals surface area contributed by atoms with Crippen LogP contribution in [0.4, 0.5) is 0 Å². The summed E-state index contributed by atoms with van der Waals surface area (Å²) in [5, 5.41) is 0. The molecule has 2 heterocycles. The quantitative estimate of drug-likeness (QED) is 0.845. The van der Waals surface area contributed by atoms with Gasteiger partial charge in [0, 0.05) is 32.9 Å². The highest BCUT2D eigenvalue weighted by Crippen LogP contribution is 2.27. The number of amides is 1. The normalized spacial score (nSPS) is 17.0. The molecular weight excluding hydrogens is 306 g/mol. The van der Waals surface area contributed by atoms with E-state index in [1.165, 1.54) is 0 Å². The van der Waals surface area contributed by atoms with Gasteiger partial charge in [-0.25, -0.2) is 4.98 Å². The number of carbonyl (C=O) groups is 1. The van der Waals surface area contributed by atoms with Gasteiger partial charge in [-0.1, -0.05) is 12.1 Å². The minimum Gasteiger partial charge on any atom is -0.380 e. The Hall–Kier alpha value is -2.18. The van der Waals surface area contributed by atoms with Gasteiger partial charge < -0.3 is 18.9 Å². The van der Waals surface area contributed by atoms with Crippen molar-refractivity contribution in [3.05, 3.63) is 53.1 Å². The molecule has 128 valence electrons. The molecule has 1 aliphatic rings. The summed E-state index contributed by atoms with van der Waals surface area (Å²) in [5.74, 6) is 0.951. The van der Waals surface area contributed by atoms with Gasteiger partial charge in [0.1, 0.15) is 5.82 Å². The Morgan fingerprint density at radius 1 is 1.17 bits per heavy atom. The number of hydrogen-bond donors (Lipinski definition) is 0. The molecule has 1 atom stereocenters. The van der Waals surface area contributed by atoms with E-state index in [1.54, 1.807) is 14.2 Å². The molecule has 0 saturated carbocycles. The number of carbonyl (C=O) groups excluding carboxylic acids is 1. The van der Waals surface area contributed by atoms with E-state index in [1.807, 2.05) is 42.3 Å². The third kappa shape index (κ3) is 3.07. The van der Waals surface area contributed by atoms with Crippen molar-refractivity contribution >= 4 is 5.91 Å². The summed E-state index contributed by atoms with van der Waals surface area (Å²) < 4.78 is 12.5. The maximum Gasteiger partial charge on any atom is 0.254 e. The maximum absolute atomic E-state index is 12.9. The third-order valence-electron chi connectivity index (χ3n) is 4.44. The van der Waals surface area contributed by atoms with Crippen molar-refractivity contribution in [1.82, 2.24) is 14.5 Å². The highest BCUT2D eigenvalue weighted by atomic mass is 16.5. The second-order valence-electron chi connectivity index (χ2n) is 6.00. The summed E-state index contributed by atoms with van der Waals surface area (Å²) in [6.07, 6.45) is 1.84. The van der Waals surface area contributed by atoms with Crippen molar-refractivity contribution in [2.75, 3.05) is 20.8 Å². The van der Waals surface area contributed by atoms with E-state index in [0.29, 0.717) is 25.3 Å². The highest BCUT2D eigenvalue weighted by molar-refractivity contribution is 5.94. The fraction of sp³-hybridized carbons (Fsp3) is 0.444. The summed E-state index contributed by atoms with van der Waals surface area (Å²) in [5.41, 5.74) is 2.80. The summed E-state index contributed by atoms with van der Waals surface area (Å²) in [4.78, 5) is 19.2. The molecule has 0 fully saturated rings. The number of fused-ring (bicyclic) bond motifs is 1. The number of methoxy groups -OCH3 is 2. The first-order valence-electron chi connectivity index (χ1n) is 8.07. The van der Waals surface area contributed by atoms with E-state index in [0.717, 1.165) is 23.6 Å². The van der Waals surface area contributed by atoms with Crippen molar-refractivity contribution in [3.8, 4) is 0 Å². The Morgan fingerprint density at radius 2 is 1.88 bits per heavy atom. The van der Waals surface area contributed by atoms with Gasteiger partial charge in [0.05, 0.1) is 31.1 Å². The lowest BCUT2D eigenvalue weighted by Gasteiger charge is -2.34. The molecule has 0 N–H and O–H groups in total. The summed E-state index contributed by atoms with van der Waals surface area (Å²) in [6, 6.07) is 7.53. The largest absolute Gasteiger partial charge is 0.380 e. The molecule has 0 radical (unpaired) electrons. The van der Waals surface area contributed by atoms with E-state index >= 15 is 0 Å². The number of benzene rings is 1. The van der Waals surface area contributed by atoms with Crippen molar-refractivity contribution in [3.63, 3.8) is 0 Å². The second-order valence-corrected chi connectivity index (χ2v) is 6.00. The predicted molar refractivity (Wildman–Crippen MR) is 89.5 cm³/mol. The summed E-state index contributed by atoms with van der Waals surface area (Å²) in [7, 11) is 3.34. The van der Waals surface area contributed by atoms with Gasteiger partial charge in [0.2, 0.25) is 0 Å². The lowest BCUT2D eigenvalue weighted by Crippen LogP contribution is -2.41. The third-order valence-corrected chi connectivity index (χ3v) is 4.44. The van der Waals surface area contributed by atoms with Crippen LogP contribution in [0.3, 0.4) is 0 Å². The van der Waals surface area contributed by atoms with Gasteiger partial charge in [-0.15, -0.1) is 0 Å². The molecular formula is C18H23N3O3. The van der Waals surface area contributed by atoms with Crippen LogP contribution in [0.1, 0.15) is 40.4 Å². The minimum absolute atomic E-state index is 0.0361. The topological polar surface area (TPSA) is 56.6 Å². The molecule has 1 amide bonds. The molecule has 2 aromatic rings. The molecule has 0 aliphatic carbocycles. The number of aromatic nitrogens is 2. The number of nitrogens with zero attached hydrogens (tertiary/aromatic N) is 3. The predicted octanol–water partition coefficient (Wildman–Crippen LogP) is 2.39. The van der Waals surface area contributed by atoms with Gasteiger partial charge in [-0.05, 0) is 24.6 Å². The Kier molecular flexibility index (Phi) is 4.97. The lowest BCUT2D eigenvalue weighted by molar-refractivity contribution is 0.0632. The number of imidazole rings is 1. The van der Waals surface area contributed by atoms with Crippen LogP contribution in [0.2, 0.25) is 0 Å². The molecule has 0 bridgehead atoms. The first kappa shape index (κ1) is 16.7. The van der Waals surface area contributed by atoms with Crippen molar-refractivity contribution < 1.29 is 14.3 Å². The molecule has 0 spiro atoms. The van der Waals surface area contributed by atoms with E-state index in [9.17, 15) is 4.79 Å². The Balaban J connectivity index is 1.78. The van der Waals surface area contributed by atoms with Gasteiger partial charge in [0.25, 0.3) is 5.91 Å². The Morgan fingerprint density at radius 3 is 2.54 bits per heavy atom. The van der Waals surface area contributed by atoms with Crippen molar-refractivity contribution in [1.29, 1.82) is 0 Å². The van der Waals surface area contributed by atoms with Crippen LogP contribution in [0.15, 0.2) is 30.5 Å². The van der Waals surface area contributed by atoms with Crippen LogP contribution >= 0.6 is 0 Å². The van der Waals surface area contributed by atoms with Crippen LogP contribution in [0.25, 0.3) is 0 Å². The molecule has 6 heteroatoms. The second kappa shape index (κ2) is 7.15. The fourth-order valence-corrected chi connectivity index (χ4v) is 3.18. The summed E-state index contributed by atoms with van der Waals surface area (Å²) >= 11 is 0. The van der Waals surface area contributed by atoms with Gasteiger partial charge in [-0.2, -0.15) is 0 Å². The first-order valence-corrected chi connectivity index (χ1v) is 8.07. The molecule has 1 aromatic heterocycles. The monoisotopic (exact) mass is 329 g/mol. The molecule has 24 heavy (non-hydrogen) atoms. The number of ether oxygens (including phenoxy) is 2. The molecule has 1 aliphatic heterocycles. The standard InChI is InChI=1S/C18H23N3O3/c1-13-17-19-10-16(12-24-3)21(17)9-8-20(13)18(22)15-6-4-14(5-7-15)11-23-2/h4-7,10,13H,8-9,11-12H2,1-3H3. The summed E-state index contributed by atoms with van der Waals surface area (Å²) in [6.45, 7) is 4.51.